The van der Waals surface area contributed by atoms with Crippen molar-refractivity contribution in [2.75, 3.05) is 7.11 Å². The molecule has 0 aromatic carbocycles. The number of rotatable bonds is 2. The lowest BCUT2D eigenvalue weighted by Gasteiger charge is -2.36. The van der Waals surface area contributed by atoms with Crippen molar-refractivity contribution in [1.29, 1.82) is 0 Å². The first-order valence-electron chi connectivity index (χ1n) is 5.35. The number of carboxylic acids is 1. The number of aliphatic carboxylic acids is 1. The number of carboxylic acid groups (broad SMARTS) is 1. The minimum atomic E-state index is -1.06. The van der Waals surface area contributed by atoms with Gasteiger partial charge < -0.3 is 14.6 Å². The number of carbonyl (C=O) groups excluding carboxylic acids is 1. The van der Waals surface area contributed by atoms with Crippen molar-refractivity contribution in [3.63, 3.8) is 0 Å². The van der Waals surface area contributed by atoms with Gasteiger partial charge in [0, 0.05) is 0 Å². The van der Waals surface area contributed by atoms with Gasteiger partial charge in [-0.25, -0.2) is 0 Å². The molecule has 16 heavy (non-hydrogen) atoms. The highest BCUT2D eigenvalue weighted by Gasteiger charge is 2.69. The Morgan fingerprint density at radius 1 is 1.44 bits per heavy atom. The Morgan fingerprint density at radius 2 is 2.06 bits per heavy atom. The van der Waals surface area contributed by atoms with Gasteiger partial charge in [0.15, 0.2) is 0 Å². The van der Waals surface area contributed by atoms with Crippen LogP contribution in [0.25, 0.3) is 0 Å². The Hall–Kier alpha value is -1.10. The maximum Gasteiger partial charge on any atom is 0.315 e. The molecule has 5 nitrogen and oxygen atoms in total. The summed E-state index contributed by atoms with van der Waals surface area (Å²) in [5, 5.41) is 9.29. The third kappa shape index (κ3) is 1.15. The fourth-order valence-corrected chi connectivity index (χ4v) is 3.30. The van der Waals surface area contributed by atoms with Crippen molar-refractivity contribution in [3.05, 3.63) is 0 Å². The molecule has 0 saturated carbocycles. The molecule has 1 N–H and O–H groups in total. The summed E-state index contributed by atoms with van der Waals surface area (Å²) in [6.45, 7) is 3.40. The van der Waals surface area contributed by atoms with Crippen LogP contribution in [0.2, 0.25) is 0 Å². The first kappa shape index (κ1) is 11.4. The molecular formula is C11H16O5. The van der Waals surface area contributed by atoms with Crippen molar-refractivity contribution in [1.82, 2.24) is 0 Å². The third-order valence-electron chi connectivity index (χ3n) is 4.07. The number of hydrogen-bond donors (Lipinski definition) is 1. The molecule has 4 unspecified atom stereocenters. The summed E-state index contributed by atoms with van der Waals surface area (Å²) in [7, 11) is 1.28. The van der Waals surface area contributed by atoms with Crippen LogP contribution in [0.1, 0.15) is 26.7 Å². The van der Waals surface area contributed by atoms with Crippen LogP contribution in [0.15, 0.2) is 0 Å². The molecule has 2 saturated heterocycles. The van der Waals surface area contributed by atoms with Gasteiger partial charge in [0.05, 0.1) is 18.8 Å². The van der Waals surface area contributed by atoms with E-state index in [1.54, 1.807) is 13.8 Å². The van der Waals surface area contributed by atoms with Crippen LogP contribution < -0.4 is 0 Å². The maximum absolute atomic E-state index is 11.8. The van der Waals surface area contributed by atoms with E-state index in [2.05, 4.69) is 0 Å². The van der Waals surface area contributed by atoms with Crippen molar-refractivity contribution in [2.24, 2.45) is 11.3 Å². The molecule has 0 radical (unpaired) electrons. The standard InChI is InChI=1S/C11H16O5/c1-10-5-4-6(16-10)11(2,9(14)15-3)7(10)8(12)13/h6-7H,4-5H2,1-3H3,(H,12,13). The zero-order valence-electron chi connectivity index (χ0n) is 9.65. The van der Waals surface area contributed by atoms with E-state index in [4.69, 9.17) is 9.47 Å². The topological polar surface area (TPSA) is 72.8 Å². The summed E-state index contributed by atoms with van der Waals surface area (Å²) in [4.78, 5) is 23.2. The van der Waals surface area contributed by atoms with Gasteiger partial charge in [-0.05, 0) is 26.7 Å². The van der Waals surface area contributed by atoms with Crippen molar-refractivity contribution in [2.45, 2.75) is 38.4 Å². The minimum Gasteiger partial charge on any atom is -0.481 e. The second-order valence-corrected chi connectivity index (χ2v) is 5.00. The average Bonchev–Trinajstić information content (AvgIpc) is 2.68. The van der Waals surface area contributed by atoms with Crippen LogP contribution in [0, 0.1) is 11.3 Å². The Bertz CT molecular complexity index is 352. The lowest BCUT2D eigenvalue weighted by atomic mass is 9.63. The first-order valence-corrected chi connectivity index (χ1v) is 5.35. The van der Waals surface area contributed by atoms with Crippen LogP contribution in [0.5, 0.6) is 0 Å². The fourth-order valence-electron chi connectivity index (χ4n) is 3.30. The summed E-state index contributed by atoms with van der Waals surface area (Å²) in [6.07, 6.45) is 1.05. The van der Waals surface area contributed by atoms with Gasteiger partial charge in [0.25, 0.3) is 0 Å². The summed E-state index contributed by atoms with van der Waals surface area (Å²) in [5.74, 6) is -2.31. The van der Waals surface area contributed by atoms with Crippen LogP contribution in [-0.4, -0.2) is 35.9 Å². The normalized spacial score (nSPS) is 45.7. The highest BCUT2D eigenvalue weighted by Crippen LogP contribution is 2.58. The number of hydrogen-bond acceptors (Lipinski definition) is 4. The second kappa shape index (κ2) is 3.20. The van der Waals surface area contributed by atoms with E-state index in [-0.39, 0.29) is 6.10 Å². The van der Waals surface area contributed by atoms with E-state index in [9.17, 15) is 14.7 Å². The average molecular weight is 228 g/mol. The molecule has 5 heteroatoms. The lowest BCUT2D eigenvalue weighted by Crippen LogP contribution is -2.51. The molecule has 0 aromatic rings. The molecule has 2 rings (SSSR count). The summed E-state index contributed by atoms with van der Waals surface area (Å²) in [5.41, 5.74) is -1.80. The van der Waals surface area contributed by atoms with Gasteiger partial charge in [-0.2, -0.15) is 0 Å². The van der Waals surface area contributed by atoms with E-state index in [0.717, 1.165) is 0 Å². The van der Waals surface area contributed by atoms with Crippen LogP contribution in [0.3, 0.4) is 0 Å². The zero-order valence-corrected chi connectivity index (χ0v) is 9.65. The third-order valence-corrected chi connectivity index (χ3v) is 4.07. The number of carbonyl (C=O) groups is 2. The molecule has 2 fully saturated rings. The Kier molecular flexibility index (Phi) is 2.28. The number of esters is 1. The number of fused-ring (bicyclic) bond motifs is 2. The summed E-state index contributed by atoms with van der Waals surface area (Å²) < 4.78 is 10.4. The summed E-state index contributed by atoms with van der Waals surface area (Å²) in [6, 6.07) is 0. The van der Waals surface area contributed by atoms with Crippen molar-refractivity contribution >= 4 is 11.9 Å². The molecule has 2 bridgehead atoms. The molecule has 0 spiro atoms. The van der Waals surface area contributed by atoms with Gasteiger partial charge in [0.2, 0.25) is 0 Å². The predicted molar refractivity (Wildman–Crippen MR) is 53.8 cm³/mol. The van der Waals surface area contributed by atoms with E-state index >= 15 is 0 Å². The maximum atomic E-state index is 11.8. The highest BCUT2D eigenvalue weighted by molar-refractivity contribution is 5.87. The Labute approximate surface area is 93.7 Å². The molecule has 90 valence electrons. The molecule has 0 amide bonds. The molecule has 0 aromatic heterocycles. The molecule has 0 aliphatic carbocycles. The minimum absolute atomic E-state index is 0.342. The van der Waals surface area contributed by atoms with Crippen LogP contribution >= 0.6 is 0 Å². The summed E-state index contributed by atoms with van der Waals surface area (Å²) >= 11 is 0. The van der Waals surface area contributed by atoms with E-state index in [1.165, 1.54) is 7.11 Å². The van der Waals surface area contributed by atoms with E-state index < -0.39 is 28.9 Å². The van der Waals surface area contributed by atoms with E-state index in [1.807, 2.05) is 0 Å². The SMILES string of the molecule is COC(=O)C1(C)C2CCC(C)(O2)C1C(=O)O. The number of ether oxygens (including phenoxy) is 2. The Morgan fingerprint density at radius 3 is 2.56 bits per heavy atom. The van der Waals surface area contributed by atoms with Crippen molar-refractivity contribution < 1.29 is 24.2 Å². The van der Waals surface area contributed by atoms with Gasteiger partial charge >= 0.3 is 11.9 Å². The predicted octanol–water partition coefficient (Wildman–Crippen LogP) is 0.818. The molecule has 2 aliphatic rings. The number of methoxy groups -OCH3 is 1. The van der Waals surface area contributed by atoms with Crippen LogP contribution in [-0.2, 0) is 19.1 Å². The lowest BCUT2D eigenvalue weighted by molar-refractivity contribution is -0.166. The molecule has 2 heterocycles. The quantitative estimate of drug-likeness (QED) is 0.708. The van der Waals surface area contributed by atoms with Gasteiger partial charge in [-0.1, -0.05) is 0 Å². The smallest absolute Gasteiger partial charge is 0.315 e. The van der Waals surface area contributed by atoms with Crippen molar-refractivity contribution in [3.8, 4) is 0 Å². The largest absolute Gasteiger partial charge is 0.481 e. The fraction of sp³-hybridized carbons (Fsp3) is 0.818. The highest BCUT2D eigenvalue weighted by atomic mass is 16.6. The second-order valence-electron chi connectivity index (χ2n) is 5.00. The zero-order chi connectivity index (χ0) is 12.1. The monoisotopic (exact) mass is 228 g/mol. The van der Waals surface area contributed by atoms with Gasteiger partial charge in [-0.3, -0.25) is 9.59 Å². The molecular weight excluding hydrogens is 212 g/mol. The first-order chi connectivity index (χ1) is 7.36. The van der Waals surface area contributed by atoms with E-state index in [0.29, 0.717) is 12.8 Å². The Balaban J connectivity index is 2.45. The van der Waals surface area contributed by atoms with Crippen LogP contribution in [0.4, 0.5) is 0 Å². The molecule has 4 atom stereocenters. The van der Waals surface area contributed by atoms with Gasteiger partial charge in [0.1, 0.15) is 11.3 Å². The van der Waals surface area contributed by atoms with Gasteiger partial charge in [-0.15, -0.1) is 0 Å². The molecule has 2 aliphatic heterocycles.